The van der Waals surface area contributed by atoms with Crippen LogP contribution in [0, 0.1) is 6.92 Å². The molecule has 0 radical (unpaired) electrons. The van der Waals surface area contributed by atoms with Crippen LogP contribution in [0.25, 0.3) is 0 Å². The number of benzene rings is 2. The molecule has 1 saturated carbocycles. The molecule has 2 aliphatic rings. The van der Waals surface area contributed by atoms with Gasteiger partial charge in [-0.15, -0.1) is 0 Å². The summed E-state index contributed by atoms with van der Waals surface area (Å²) in [4.78, 5) is 27.1. The van der Waals surface area contributed by atoms with Crippen LogP contribution < -0.4 is 15.0 Å². The van der Waals surface area contributed by atoms with Gasteiger partial charge in [-0.05, 0) is 56.5 Å². The van der Waals surface area contributed by atoms with Crippen LogP contribution in [0.1, 0.15) is 37.2 Å². The van der Waals surface area contributed by atoms with Gasteiger partial charge in [0.05, 0.1) is 11.6 Å². The maximum Gasteiger partial charge on any atom is 0.417 e. The molecule has 5 rings (SSSR count). The van der Waals surface area contributed by atoms with Gasteiger partial charge in [0, 0.05) is 0 Å². The Balaban J connectivity index is 1.31. The first kappa shape index (κ1) is 19.3. The van der Waals surface area contributed by atoms with Crippen molar-refractivity contribution in [3.63, 3.8) is 0 Å². The summed E-state index contributed by atoms with van der Waals surface area (Å²) in [7, 11) is 0. The van der Waals surface area contributed by atoms with Gasteiger partial charge in [0.25, 0.3) is 0 Å². The lowest BCUT2D eigenvalue weighted by Gasteiger charge is -2.20. The fourth-order valence-corrected chi connectivity index (χ4v) is 3.68. The Kier molecular flexibility index (Phi) is 4.69. The summed E-state index contributed by atoms with van der Waals surface area (Å²) >= 11 is 0. The van der Waals surface area contributed by atoms with E-state index in [1.807, 2.05) is 61.5 Å². The second kappa shape index (κ2) is 7.54. The normalized spacial score (nSPS) is 17.4. The van der Waals surface area contributed by atoms with Crippen LogP contribution in [-0.2, 0) is 4.74 Å². The zero-order valence-electron chi connectivity index (χ0n) is 17.4. The van der Waals surface area contributed by atoms with Crippen LogP contribution in [0.2, 0.25) is 0 Å². The number of aromatic nitrogens is 3. The minimum Gasteiger partial charge on any atom is -0.457 e. The zero-order valence-corrected chi connectivity index (χ0v) is 17.4. The van der Waals surface area contributed by atoms with E-state index in [0.29, 0.717) is 24.3 Å². The molecular formula is C23H23N5O3. The van der Waals surface area contributed by atoms with Crippen LogP contribution in [0.5, 0.6) is 11.5 Å². The summed E-state index contributed by atoms with van der Waals surface area (Å²) in [6.07, 6.45) is 1.41. The van der Waals surface area contributed by atoms with Gasteiger partial charge in [0.1, 0.15) is 23.9 Å². The van der Waals surface area contributed by atoms with E-state index in [1.165, 1.54) is 0 Å². The number of anilines is 2. The lowest BCUT2D eigenvalue weighted by atomic mass is 10.1. The molecule has 8 nitrogen and oxygen atoms in total. The second-order valence-electron chi connectivity index (χ2n) is 7.97. The lowest BCUT2D eigenvalue weighted by molar-refractivity contribution is 0.178. The van der Waals surface area contributed by atoms with Gasteiger partial charge in [-0.2, -0.15) is 15.0 Å². The lowest BCUT2D eigenvalue weighted by Crippen LogP contribution is -2.37. The predicted octanol–water partition coefficient (Wildman–Crippen LogP) is 4.63. The van der Waals surface area contributed by atoms with E-state index in [4.69, 9.17) is 9.47 Å². The van der Waals surface area contributed by atoms with Crippen LogP contribution >= 0.6 is 0 Å². The number of hydrogen-bond acceptors (Lipinski definition) is 7. The summed E-state index contributed by atoms with van der Waals surface area (Å²) in [5.41, 5.74) is 0.779. The molecule has 158 valence electrons. The standard InChI is InChI=1S/C23H23N5O3/c1-15(17-8-10-19(11-9-17)31-18-6-4-3-5-7-18)24-20-25-16(2)26-21(27-20)28-22(29)30-14-23(28)12-13-23/h3-11,15H,12-14H2,1-2H3,(H,24,25,26,27)/t15-/m0/s1. The number of para-hydroxylation sites is 1. The summed E-state index contributed by atoms with van der Waals surface area (Å²) in [6, 6.07) is 17.5. The van der Waals surface area contributed by atoms with E-state index < -0.39 is 6.09 Å². The second-order valence-corrected chi connectivity index (χ2v) is 7.97. The van der Waals surface area contributed by atoms with Crippen molar-refractivity contribution in [1.29, 1.82) is 0 Å². The Morgan fingerprint density at radius 1 is 1.03 bits per heavy atom. The molecule has 1 spiro atoms. The highest BCUT2D eigenvalue weighted by Gasteiger charge is 2.58. The minimum absolute atomic E-state index is 0.0548. The van der Waals surface area contributed by atoms with Crippen LogP contribution in [0.3, 0.4) is 0 Å². The molecule has 2 aromatic carbocycles. The molecule has 0 bridgehead atoms. The Hall–Kier alpha value is -3.68. The quantitative estimate of drug-likeness (QED) is 0.625. The first-order valence-electron chi connectivity index (χ1n) is 10.3. The highest BCUT2D eigenvalue weighted by Crippen LogP contribution is 2.47. The molecule has 2 heterocycles. The largest absolute Gasteiger partial charge is 0.457 e. The van der Waals surface area contributed by atoms with E-state index >= 15 is 0 Å². The number of rotatable bonds is 6. The number of carbonyl (C=O) groups excluding carboxylic acids is 1. The predicted molar refractivity (Wildman–Crippen MR) is 115 cm³/mol. The molecule has 2 fully saturated rings. The van der Waals surface area contributed by atoms with Crippen molar-refractivity contribution in [2.75, 3.05) is 16.8 Å². The van der Waals surface area contributed by atoms with E-state index in [-0.39, 0.29) is 11.6 Å². The highest BCUT2D eigenvalue weighted by atomic mass is 16.6. The van der Waals surface area contributed by atoms with Gasteiger partial charge in [0.2, 0.25) is 11.9 Å². The van der Waals surface area contributed by atoms with Crippen molar-refractivity contribution >= 4 is 18.0 Å². The molecule has 1 amide bonds. The van der Waals surface area contributed by atoms with Crippen molar-refractivity contribution in [3.05, 3.63) is 66.0 Å². The Morgan fingerprint density at radius 3 is 2.45 bits per heavy atom. The first-order valence-corrected chi connectivity index (χ1v) is 10.3. The molecule has 1 aromatic heterocycles. The van der Waals surface area contributed by atoms with Crippen molar-refractivity contribution in [2.24, 2.45) is 0 Å². The Morgan fingerprint density at radius 2 is 1.74 bits per heavy atom. The summed E-state index contributed by atoms with van der Waals surface area (Å²) in [5, 5.41) is 3.31. The van der Waals surface area contributed by atoms with E-state index in [1.54, 1.807) is 11.8 Å². The number of carbonyl (C=O) groups is 1. The van der Waals surface area contributed by atoms with Crippen LogP contribution in [0.4, 0.5) is 16.7 Å². The molecule has 0 unspecified atom stereocenters. The van der Waals surface area contributed by atoms with Crippen molar-refractivity contribution in [3.8, 4) is 11.5 Å². The number of nitrogens with zero attached hydrogens (tertiary/aromatic N) is 4. The van der Waals surface area contributed by atoms with Crippen molar-refractivity contribution in [1.82, 2.24) is 15.0 Å². The number of aryl methyl sites for hydroxylation is 1. The molecule has 31 heavy (non-hydrogen) atoms. The molecule has 8 heteroatoms. The molecule has 1 atom stereocenters. The number of ether oxygens (including phenoxy) is 2. The number of cyclic esters (lactones) is 1. The van der Waals surface area contributed by atoms with E-state index in [2.05, 4.69) is 20.3 Å². The van der Waals surface area contributed by atoms with Gasteiger partial charge < -0.3 is 14.8 Å². The molecule has 1 aliphatic carbocycles. The summed E-state index contributed by atoms with van der Waals surface area (Å²) in [6.45, 7) is 4.21. The smallest absolute Gasteiger partial charge is 0.417 e. The average molecular weight is 417 g/mol. The van der Waals surface area contributed by atoms with Gasteiger partial charge in [-0.3, -0.25) is 0 Å². The van der Waals surface area contributed by atoms with E-state index in [0.717, 1.165) is 29.9 Å². The first-order chi connectivity index (χ1) is 15.0. The maximum atomic E-state index is 12.2. The molecule has 1 saturated heterocycles. The van der Waals surface area contributed by atoms with Crippen LogP contribution in [0.15, 0.2) is 54.6 Å². The third kappa shape index (κ3) is 3.88. The number of hydrogen-bond donors (Lipinski definition) is 1. The summed E-state index contributed by atoms with van der Waals surface area (Å²) < 4.78 is 11.1. The fraction of sp³-hybridized carbons (Fsp3) is 0.304. The average Bonchev–Trinajstić information content (AvgIpc) is 3.46. The molecule has 1 aliphatic heterocycles. The Labute approximate surface area is 180 Å². The number of nitrogens with one attached hydrogen (secondary N) is 1. The summed E-state index contributed by atoms with van der Waals surface area (Å²) in [5.74, 6) is 2.87. The molecule has 3 aromatic rings. The molecule has 1 N–H and O–H groups in total. The topological polar surface area (TPSA) is 89.5 Å². The fourth-order valence-electron chi connectivity index (χ4n) is 3.68. The minimum atomic E-state index is -0.392. The van der Waals surface area contributed by atoms with E-state index in [9.17, 15) is 4.79 Å². The Bertz CT molecular complexity index is 1100. The monoisotopic (exact) mass is 417 g/mol. The maximum absolute atomic E-state index is 12.2. The highest BCUT2D eigenvalue weighted by molar-refractivity contribution is 5.90. The molecular weight excluding hydrogens is 394 g/mol. The SMILES string of the molecule is Cc1nc(N[C@@H](C)c2ccc(Oc3ccccc3)cc2)nc(N2C(=O)OCC23CC3)n1. The van der Waals surface area contributed by atoms with Crippen molar-refractivity contribution in [2.45, 2.75) is 38.3 Å². The number of amides is 1. The van der Waals surface area contributed by atoms with Gasteiger partial charge in [-0.1, -0.05) is 30.3 Å². The third-order valence-corrected chi connectivity index (χ3v) is 5.59. The van der Waals surface area contributed by atoms with Crippen LogP contribution in [-0.4, -0.2) is 33.2 Å². The third-order valence-electron chi connectivity index (χ3n) is 5.59. The van der Waals surface area contributed by atoms with Crippen molar-refractivity contribution < 1.29 is 14.3 Å². The van der Waals surface area contributed by atoms with Gasteiger partial charge in [0.15, 0.2) is 0 Å². The zero-order chi connectivity index (χ0) is 21.4. The van der Waals surface area contributed by atoms with Gasteiger partial charge in [-0.25, -0.2) is 9.69 Å². The van der Waals surface area contributed by atoms with Gasteiger partial charge >= 0.3 is 6.09 Å².